The molecule has 1 amide bonds. The van der Waals surface area contributed by atoms with Crippen LogP contribution in [0.5, 0.6) is 0 Å². The van der Waals surface area contributed by atoms with Crippen LogP contribution in [-0.4, -0.2) is 48.5 Å². The summed E-state index contributed by atoms with van der Waals surface area (Å²) in [6, 6.07) is 13.9. The lowest BCUT2D eigenvalue weighted by atomic mass is 10.1. The van der Waals surface area contributed by atoms with Crippen molar-refractivity contribution in [1.29, 1.82) is 0 Å². The summed E-state index contributed by atoms with van der Waals surface area (Å²) < 4.78 is 13.7. The standard InChI is InChI=1S/C21H20ClFN4O/c22-15-5-6-16-19(13-15)24-8-7-20(16)27-11-9-26(10-12-27)14-21(28)25-18-4-2-1-3-17(18)23/h1-8,13H,9-12,14H2,(H,25,28). The molecular formula is C21H20ClFN4O. The summed E-state index contributed by atoms with van der Waals surface area (Å²) in [5.41, 5.74) is 2.21. The summed E-state index contributed by atoms with van der Waals surface area (Å²) in [6.07, 6.45) is 1.79. The lowest BCUT2D eigenvalue weighted by Crippen LogP contribution is -2.48. The molecule has 144 valence electrons. The van der Waals surface area contributed by atoms with Crippen molar-refractivity contribution in [2.75, 3.05) is 42.9 Å². The van der Waals surface area contributed by atoms with Crippen molar-refractivity contribution in [1.82, 2.24) is 9.88 Å². The number of aromatic nitrogens is 1. The van der Waals surface area contributed by atoms with E-state index in [1.807, 2.05) is 24.3 Å². The van der Waals surface area contributed by atoms with Gasteiger partial charge in [0.2, 0.25) is 5.91 Å². The molecule has 0 atom stereocenters. The van der Waals surface area contributed by atoms with Gasteiger partial charge in [-0.25, -0.2) is 4.39 Å². The Labute approximate surface area is 167 Å². The number of fused-ring (bicyclic) bond motifs is 1. The first-order chi connectivity index (χ1) is 13.6. The van der Waals surface area contributed by atoms with E-state index >= 15 is 0 Å². The highest BCUT2D eigenvalue weighted by molar-refractivity contribution is 6.31. The van der Waals surface area contributed by atoms with E-state index in [0.717, 1.165) is 42.8 Å². The highest BCUT2D eigenvalue weighted by Gasteiger charge is 2.21. The zero-order chi connectivity index (χ0) is 19.5. The second-order valence-corrected chi connectivity index (χ2v) is 7.22. The maximum atomic E-state index is 13.7. The number of carbonyl (C=O) groups is 1. The molecule has 1 aromatic heterocycles. The molecule has 4 rings (SSSR count). The van der Waals surface area contributed by atoms with Crippen LogP contribution >= 0.6 is 11.6 Å². The van der Waals surface area contributed by atoms with E-state index < -0.39 is 5.82 Å². The Hall–Kier alpha value is -2.70. The molecule has 1 N–H and O–H groups in total. The largest absolute Gasteiger partial charge is 0.368 e. The van der Waals surface area contributed by atoms with Crippen molar-refractivity contribution in [3.05, 3.63) is 65.6 Å². The van der Waals surface area contributed by atoms with E-state index in [-0.39, 0.29) is 18.1 Å². The van der Waals surface area contributed by atoms with Gasteiger partial charge in [-0.05, 0) is 36.4 Å². The number of anilines is 2. The van der Waals surface area contributed by atoms with Gasteiger partial charge in [0.25, 0.3) is 0 Å². The minimum Gasteiger partial charge on any atom is -0.368 e. The fourth-order valence-electron chi connectivity index (χ4n) is 3.48. The molecule has 28 heavy (non-hydrogen) atoms. The second-order valence-electron chi connectivity index (χ2n) is 6.78. The molecule has 0 spiro atoms. The molecule has 1 fully saturated rings. The van der Waals surface area contributed by atoms with Crippen molar-refractivity contribution in [3.8, 4) is 0 Å². The van der Waals surface area contributed by atoms with Crippen LogP contribution in [0.2, 0.25) is 5.02 Å². The molecule has 0 aliphatic carbocycles. The van der Waals surface area contributed by atoms with Gasteiger partial charge in [-0.1, -0.05) is 23.7 Å². The maximum Gasteiger partial charge on any atom is 0.238 e. The highest BCUT2D eigenvalue weighted by atomic mass is 35.5. The molecule has 3 aromatic rings. The summed E-state index contributed by atoms with van der Waals surface area (Å²) >= 11 is 6.07. The minimum absolute atomic E-state index is 0.206. The van der Waals surface area contributed by atoms with Crippen LogP contribution in [0.25, 0.3) is 10.9 Å². The molecule has 2 aromatic carbocycles. The first kappa shape index (κ1) is 18.7. The molecule has 0 saturated carbocycles. The van der Waals surface area contributed by atoms with E-state index in [1.165, 1.54) is 6.07 Å². The number of hydrogen-bond donors (Lipinski definition) is 1. The van der Waals surface area contributed by atoms with Crippen LogP contribution in [0.15, 0.2) is 54.7 Å². The number of pyridine rings is 1. The van der Waals surface area contributed by atoms with Crippen LogP contribution in [-0.2, 0) is 4.79 Å². The third kappa shape index (κ3) is 4.08. The van der Waals surface area contributed by atoms with Crippen molar-refractivity contribution in [3.63, 3.8) is 0 Å². The minimum atomic E-state index is -0.426. The van der Waals surface area contributed by atoms with Gasteiger partial charge in [0.1, 0.15) is 5.82 Å². The Balaban J connectivity index is 1.37. The van der Waals surface area contributed by atoms with Crippen molar-refractivity contribution in [2.24, 2.45) is 0 Å². The van der Waals surface area contributed by atoms with Crippen LogP contribution in [0, 0.1) is 5.82 Å². The third-order valence-corrected chi connectivity index (χ3v) is 5.14. The summed E-state index contributed by atoms with van der Waals surface area (Å²) in [6.45, 7) is 3.35. The first-order valence-corrected chi connectivity index (χ1v) is 9.54. The summed E-state index contributed by atoms with van der Waals surface area (Å²) in [5.74, 6) is -0.632. The lowest BCUT2D eigenvalue weighted by Gasteiger charge is -2.36. The van der Waals surface area contributed by atoms with Gasteiger partial charge in [-0.3, -0.25) is 14.7 Å². The Morgan fingerprint density at radius 3 is 2.68 bits per heavy atom. The predicted octanol–water partition coefficient (Wildman–Crippen LogP) is 3.79. The molecule has 1 saturated heterocycles. The average Bonchev–Trinajstić information content (AvgIpc) is 2.70. The van der Waals surface area contributed by atoms with Gasteiger partial charge in [-0.2, -0.15) is 0 Å². The third-order valence-electron chi connectivity index (χ3n) is 4.91. The van der Waals surface area contributed by atoms with Gasteiger partial charge in [-0.15, -0.1) is 0 Å². The van der Waals surface area contributed by atoms with Gasteiger partial charge >= 0.3 is 0 Å². The number of piperazine rings is 1. The molecular weight excluding hydrogens is 379 g/mol. The number of benzene rings is 2. The summed E-state index contributed by atoms with van der Waals surface area (Å²) in [5, 5.41) is 4.38. The smallest absolute Gasteiger partial charge is 0.238 e. The quantitative estimate of drug-likeness (QED) is 0.726. The zero-order valence-electron chi connectivity index (χ0n) is 15.2. The van der Waals surface area contributed by atoms with Gasteiger partial charge < -0.3 is 10.2 Å². The molecule has 5 nitrogen and oxygen atoms in total. The van der Waals surface area contributed by atoms with Crippen LogP contribution < -0.4 is 10.2 Å². The number of rotatable bonds is 4. The van der Waals surface area contributed by atoms with Gasteiger partial charge in [0.15, 0.2) is 0 Å². The van der Waals surface area contributed by atoms with Crippen LogP contribution in [0.1, 0.15) is 0 Å². The SMILES string of the molecule is O=C(CN1CCN(c2ccnc3cc(Cl)ccc23)CC1)Nc1ccccc1F. The predicted molar refractivity (Wildman–Crippen MR) is 110 cm³/mol. The molecule has 0 unspecified atom stereocenters. The Bertz CT molecular complexity index is 1000. The van der Waals surface area contributed by atoms with E-state index in [2.05, 4.69) is 20.1 Å². The lowest BCUT2D eigenvalue weighted by molar-refractivity contribution is -0.117. The van der Waals surface area contributed by atoms with E-state index in [1.54, 1.807) is 24.4 Å². The van der Waals surface area contributed by atoms with Crippen molar-refractivity contribution < 1.29 is 9.18 Å². The topological polar surface area (TPSA) is 48.5 Å². The average molecular weight is 399 g/mol. The Kier molecular flexibility index (Phi) is 5.41. The number of para-hydroxylation sites is 1. The Morgan fingerprint density at radius 1 is 1.11 bits per heavy atom. The fourth-order valence-corrected chi connectivity index (χ4v) is 3.65. The molecule has 0 bridgehead atoms. The number of nitrogens with zero attached hydrogens (tertiary/aromatic N) is 3. The number of nitrogens with one attached hydrogen (secondary N) is 1. The molecule has 0 radical (unpaired) electrons. The van der Waals surface area contributed by atoms with Crippen molar-refractivity contribution in [2.45, 2.75) is 0 Å². The monoisotopic (exact) mass is 398 g/mol. The summed E-state index contributed by atoms with van der Waals surface area (Å²) in [4.78, 5) is 21.0. The number of amides is 1. The van der Waals surface area contributed by atoms with Crippen molar-refractivity contribution >= 4 is 39.8 Å². The number of hydrogen-bond acceptors (Lipinski definition) is 4. The summed E-state index contributed by atoms with van der Waals surface area (Å²) in [7, 11) is 0. The normalized spacial score (nSPS) is 15.0. The maximum absolute atomic E-state index is 13.7. The van der Waals surface area contributed by atoms with Gasteiger partial charge in [0, 0.05) is 48.5 Å². The fraction of sp³-hybridized carbons (Fsp3) is 0.238. The Morgan fingerprint density at radius 2 is 1.89 bits per heavy atom. The molecule has 7 heteroatoms. The van der Waals surface area contributed by atoms with Crippen LogP contribution in [0.4, 0.5) is 15.8 Å². The number of carbonyl (C=O) groups excluding carboxylic acids is 1. The van der Waals surface area contributed by atoms with E-state index in [0.29, 0.717) is 5.02 Å². The first-order valence-electron chi connectivity index (χ1n) is 9.16. The highest BCUT2D eigenvalue weighted by Crippen LogP contribution is 2.28. The number of halogens is 2. The van der Waals surface area contributed by atoms with Crippen LogP contribution in [0.3, 0.4) is 0 Å². The van der Waals surface area contributed by atoms with E-state index in [9.17, 15) is 9.18 Å². The second kappa shape index (κ2) is 8.12. The zero-order valence-corrected chi connectivity index (χ0v) is 16.0. The van der Waals surface area contributed by atoms with Gasteiger partial charge in [0.05, 0.1) is 17.7 Å². The van der Waals surface area contributed by atoms with E-state index in [4.69, 9.17) is 11.6 Å². The molecule has 1 aliphatic rings. The molecule has 2 heterocycles. The molecule has 1 aliphatic heterocycles.